The molecule has 0 atom stereocenters. The molecule has 0 saturated heterocycles. The zero-order valence-corrected chi connectivity index (χ0v) is 17.6. The zero-order chi connectivity index (χ0) is 23.1. The number of nitrogens with zero attached hydrogens (tertiary/aromatic N) is 1. The molecule has 5 nitrogen and oxygen atoms in total. The van der Waals surface area contributed by atoms with Crippen molar-refractivity contribution in [2.75, 3.05) is 6.54 Å². The Hall–Kier alpha value is -3.64. The number of aromatic nitrogens is 1. The third kappa shape index (κ3) is 6.43. The largest absolute Gasteiger partial charge is 0.435 e. The van der Waals surface area contributed by atoms with Crippen LogP contribution in [-0.2, 0) is 17.4 Å². The van der Waals surface area contributed by atoms with Crippen LogP contribution < -0.4 is 10.1 Å². The van der Waals surface area contributed by atoms with E-state index >= 15 is 0 Å². The first-order valence-electron chi connectivity index (χ1n) is 9.43. The molecule has 0 radical (unpaired) electrons. The van der Waals surface area contributed by atoms with E-state index in [1.165, 1.54) is 19.1 Å². The van der Waals surface area contributed by atoms with Gasteiger partial charge in [0.25, 0.3) is 5.91 Å². The topological polar surface area (TPSA) is 68.3 Å². The van der Waals surface area contributed by atoms with Crippen LogP contribution in [0.5, 0.6) is 5.75 Å². The van der Waals surface area contributed by atoms with E-state index < -0.39 is 28.6 Å². The molecule has 0 aliphatic carbocycles. The summed E-state index contributed by atoms with van der Waals surface area (Å²) in [5.74, 6) is 4.27. The molecular formula is C23H17F3N2O3S. The van der Waals surface area contributed by atoms with Crippen molar-refractivity contribution in [1.82, 2.24) is 10.3 Å². The fraction of sp³-hybridized carbons (Fsp3) is 0.174. The van der Waals surface area contributed by atoms with Gasteiger partial charge in [0.05, 0.1) is 0 Å². The van der Waals surface area contributed by atoms with Crippen molar-refractivity contribution in [3.8, 4) is 17.6 Å². The number of carbonyl (C=O) groups excluding carboxylic acids is 2. The highest BCUT2D eigenvalue weighted by Crippen LogP contribution is 2.34. The van der Waals surface area contributed by atoms with E-state index in [-0.39, 0.29) is 11.6 Å². The van der Waals surface area contributed by atoms with E-state index in [9.17, 15) is 22.8 Å². The number of thiazole rings is 1. The summed E-state index contributed by atoms with van der Waals surface area (Å²) in [5.41, 5.74) is 0.187. The summed E-state index contributed by atoms with van der Waals surface area (Å²) in [5, 5.41) is 2.38. The minimum atomic E-state index is -4.78. The Morgan fingerprint density at radius 1 is 1.06 bits per heavy atom. The van der Waals surface area contributed by atoms with Gasteiger partial charge in [0, 0.05) is 19.0 Å². The van der Waals surface area contributed by atoms with Gasteiger partial charge < -0.3 is 10.1 Å². The van der Waals surface area contributed by atoms with Crippen molar-refractivity contribution >= 4 is 23.2 Å². The highest BCUT2D eigenvalue weighted by atomic mass is 32.1. The Morgan fingerprint density at radius 2 is 1.75 bits per heavy atom. The average molecular weight is 458 g/mol. The molecule has 1 heterocycles. The van der Waals surface area contributed by atoms with Crippen LogP contribution in [0.1, 0.15) is 38.4 Å². The van der Waals surface area contributed by atoms with Gasteiger partial charge in [-0.2, -0.15) is 13.2 Å². The van der Waals surface area contributed by atoms with Gasteiger partial charge in [0.2, 0.25) is 0 Å². The van der Waals surface area contributed by atoms with Crippen molar-refractivity contribution in [2.24, 2.45) is 0 Å². The first-order valence-corrected chi connectivity index (χ1v) is 10.2. The van der Waals surface area contributed by atoms with Crippen LogP contribution in [0.15, 0.2) is 54.6 Å². The molecule has 0 fully saturated rings. The lowest BCUT2D eigenvalue weighted by Gasteiger charge is -2.07. The van der Waals surface area contributed by atoms with Gasteiger partial charge in [0.1, 0.15) is 10.6 Å². The quantitative estimate of drug-likeness (QED) is 0.348. The van der Waals surface area contributed by atoms with E-state index in [1.54, 1.807) is 12.1 Å². The highest BCUT2D eigenvalue weighted by Gasteiger charge is 2.39. The molecule has 32 heavy (non-hydrogen) atoms. The predicted molar refractivity (Wildman–Crippen MR) is 113 cm³/mol. The predicted octanol–water partition coefficient (Wildman–Crippen LogP) is 4.46. The highest BCUT2D eigenvalue weighted by molar-refractivity contribution is 7.14. The van der Waals surface area contributed by atoms with E-state index in [1.807, 2.05) is 30.3 Å². The van der Waals surface area contributed by atoms with Crippen LogP contribution in [0.4, 0.5) is 13.2 Å². The zero-order valence-electron chi connectivity index (χ0n) is 16.8. The summed E-state index contributed by atoms with van der Waals surface area (Å²) >= 11 is 0.585. The number of hydrogen-bond donors (Lipinski definition) is 1. The van der Waals surface area contributed by atoms with E-state index in [4.69, 9.17) is 4.74 Å². The molecule has 9 heteroatoms. The molecule has 1 amide bonds. The molecule has 0 bridgehead atoms. The summed E-state index contributed by atoms with van der Waals surface area (Å²) in [6.07, 6.45) is -4.29. The van der Waals surface area contributed by atoms with Crippen LogP contribution in [-0.4, -0.2) is 23.4 Å². The molecular weight excluding hydrogens is 441 g/mol. The number of hydrogen-bond acceptors (Lipinski definition) is 5. The van der Waals surface area contributed by atoms with Gasteiger partial charge >= 0.3 is 12.1 Å². The normalized spacial score (nSPS) is 10.8. The fourth-order valence-corrected chi connectivity index (χ4v) is 3.52. The van der Waals surface area contributed by atoms with Crippen molar-refractivity contribution in [3.63, 3.8) is 0 Å². The van der Waals surface area contributed by atoms with Crippen LogP contribution in [0.2, 0.25) is 0 Å². The molecule has 3 aromatic rings. The average Bonchev–Trinajstić information content (AvgIpc) is 3.19. The standard InChI is InChI=1S/C23H17F3N2O3S/c1-15(29)31-18-10-7-17(8-11-18)9-12-19-28-21(23(24,25)26)20(32-19)22(30)27-14-13-16-5-3-2-4-6-16/h2-8,10-11H,13-14H2,1H3,(H,27,30). The van der Waals surface area contributed by atoms with Gasteiger partial charge in [-0.05, 0) is 42.2 Å². The Labute approximate surface area is 186 Å². The second-order valence-corrected chi connectivity index (χ2v) is 7.55. The minimum Gasteiger partial charge on any atom is -0.427 e. The Kier molecular flexibility index (Phi) is 7.28. The summed E-state index contributed by atoms with van der Waals surface area (Å²) in [6.45, 7) is 1.46. The van der Waals surface area contributed by atoms with Gasteiger partial charge in [-0.1, -0.05) is 47.6 Å². The lowest BCUT2D eigenvalue weighted by atomic mass is 10.1. The van der Waals surface area contributed by atoms with Crippen molar-refractivity contribution in [2.45, 2.75) is 19.5 Å². The number of carbonyl (C=O) groups is 2. The Morgan fingerprint density at radius 3 is 2.38 bits per heavy atom. The maximum absolute atomic E-state index is 13.4. The van der Waals surface area contributed by atoms with Crippen LogP contribution in [0, 0.1) is 11.8 Å². The van der Waals surface area contributed by atoms with Crippen molar-refractivity contribution in [1.29, 1.82) is 0 Å². The number of amides is 1. The maximum atomic E-state index is 13.4. The summed E-state index contributed by atoms with van der Waals surface area (Å²) in [7, 11) is 0. The van der Waals surface area contributed by atoms with E-state index in [0.29, 0.717) is 29.1 Å². The van der Waals surface area contributed by atoms with Gasteiger partial charge in [-0.15, -0.1) is 0 Å². The Bertz CT molecular complexity index is 1160. The number of nitrogens with one attached hydrogen (secondary N) is 1. The first-order chi connectivity index (χ1) is 15.2. The van der Waals surface area contributed by atoms with Crippen LogP contribution in [0.3, 0.4) is 0 Å². The first kappa shape index (κ1) is 23.0. The molecule has 0 spiro atoms. The monoisotopic (exact) mass is 458 g/mol. The van der Waals surface area contributed by atoms with Crippen LogP contribution >= 0.6 is 11.3 Å². The third-order valence-corrected chi connectivity index (χ3v) is 5.04. The summed E-state index contributed by atoms with van der Waals surface area (Å²) in [4.78, 5) is 26.3. The molecule has 2 aromatic carbocycles. The second kappa shape index (κ2) is 10.1. The fourth-order valence-electron chi connectivity index (χ4n) is 2.66. The minimum absolute atomic E-state index is 0.130. The number of ether oxygens (including phenoxy) is 1. The number of esters is 1. The smallest absolute Gasteiger partial charge is 0.427 e. The molecule has 0 aliphatic heterocycles. The molecule has 0 aliphatic rings. The molecule has 1 aromatic heterocycles. The molecule has 1 N–H and O–H groups in total. The Balaban J connectivity index is 1.74. The molecule has 3 rings (SSSR count). The second-order valence-electron chi connectivity index (χ2n) is 6.55. The van der Waals surface area contributed by atoms with Crippen LogP contribution in [0.25, 0.3) is 0 Å². The molecule has 164 valence electrons. The van der Waals surface area contributed by atoms with Crippen molar-refractivity contribution in [3.05, 3.63) is 81.3 Å². The SMILES string of the molecule is CC(=O)Oc1ccc(C#Cc2nc(C(F)(F)F)c(C(=O)NCCc3ccccc3)s2)cc1. The van der Waals surface area contributed by atoms with Crippen molar-refractivity contribution < 1.29 is 27.5 Å². The lowest BCUT2D eigenvalue weighted by molar-refractivity contribution is -0.141. The van der Waals surface area contributed by atoms with Gasteiger partial charge in [-0.3, -0.25) is 9.59 Å². The van der Waals surface area contributed by atoms with E-state index in [0.717, 1.165) is 5.56 Å². The summed E-state index contributed by atoms with van der Waals surface area (Å²) in [6, 6.07) is 15.4. The van der Waals surface area contributed by atoms with Gasteiger partial charge in [-0.25, -0.2) is 4.98 Å². The lowest BCUT2D eigenvalue weighted by Crippen LogP contribution is -2.27. The summed E-state index contributed by atoms with van der Waals surface area (Å²) < 4.78 is 45.1. The molecule has 0 saturated carbocycles. The number of alkyl halides is 3. The maximum Gasteiger partial charge on any atom is 0.435 e. The van der Waals surface area contributed by atoms with Gasteiger partial charge in [0.15, 0.2) is 10.7 Å². The van der Waals surface area contributed by atoms with E-state index in [2.05, 4.69) is 22.1 Å². The number of rotatable bonds is 5. The number of halogens is 3. The third-order valence-electron chi connectivity index (χ3n) is 4.07. The number of benzene rings is 2. The molecule has 0 unspecified atom stereocenters.